The molecule has 0 aliphatic heterocycles. The predicted molar refractivity (Wildman–Crippen MR) is 105 cm³/mol. The van der Waals surface area contributed by atoms with E-state index in [0.717, 1.165) is 11.3 Å². The fraction of sp³-hybridized carbons (Fsp3) is 0.278. The minimum Gasteiger partial charge on any atom is -0.462 e. The summed E-state index contributed by atoms with van der Waals surface area (Å²) in [6.07, 6.45) is 0. The van der Waals surface area contributed by atoms with Crippen molar-refractivity contribution >= 4 is 57.4 Å². The van der Waals surface area contributed by atoms with Crippen molar-refractivity contribution in [3.8, 4) is 0 Å². The Kier molecular flexibility index (Phi) is 7.24. The van der Waals surface area contributed by atoms with Crippen LogP contribution < -0.4 is 5.32 Å². The van der Waals surface area contributed by atoms with E-state index in [4.69, 9.17) is 32.7 Å². The Balaban J connectivity index is 2.46. The van der Waals surface area contributed by atoms with Crippen molar-refractivity contribution in [1.29, 1.82) is 0 Å². The molecule has 0 radical (unpaired) electrons. The highest BCUT2D eigenvalue weighted by atomic mass is 35.5. The van der Waals surface area contributed by atoms with Crippen LogP contribution >= 0.6 is 34.5 Å². The summed E-state index contributed by atoms with van der Waals surface area (Å²) >= 11 is 12.9. The maximum atomic E-state index is 12.6. The second kappa shape index (κ2) is 9.21. The molecular formula is C18H17Cl2NO5S. The zero-order chi connectivity index (χ0) is 20.1. The highest BCUT2D eigenvalue weighted by Crippen LogP contribution is 2.35. The number of nitrogens with one attached hydrogen (secondary N) is 1. The van der Waals surface area contributed by atoms with E-state index in [9.17, 15) is 14.4 Å². The van der Waals surface area contributed by atoms with Gasteiger partial charge in [-0.05, 0) is 44.5 Å². The Hall–Kier alpha value is -2.09. The maximum Gasteiger partial charge on any atom is 0.348 e. The first kappa shape index (κ1) is 21.2. The molecule has 0 aliphatic rings. The van der Waals surface area contributed by atoms with E-state index in [0.29, 0.717) is 10.6 Å². The quantitative estimate of drug-likeness (QED) is 0.655. The number of esters is 2. The molecule has 1 aromatic heterocycles. The molecule has 2 rings (SSSR count). The Labute approximate surface area is 170 Å². The molecule has 0 atom stereocenters. The predicted octanol–water partition coefficient (Wildman–Crippen LogP) is 4.97. The van der Waals surface area contributed by atoms with Crippen LogP contribution in [-0.4, -0.2) is 31.1 Å². The van der Waals surface area contributed by atoms with Crippen molar-refractivity contribution in [1.82, 2.24) is 0 Å². The molecule has 6 nitrogen and oxygen atoms in total. The first-order chi connectivity index (χ1) is 12.8. The lowest BCUT2D eigenvalue weighted by Crippen LogP contribution is -2.15. The standard InChI is InChI=1S/C18H17Cl2NO5S/c1-4-25-17(23)13-9(3)14(18(24)26-5-2)27-16(13)21-15(22)11-8-10(19)6-7-12(11)20/h6-8H,4-5H2,1-3H3,(H,21,22). The van der Waals surface area contributed by atoms with Gasteiger partial charge in [0.05, 0.1) is 29.4 Å². The fourth-order valence-corrected chi connectivity index (χ4v) is 3.74. The normalized spacial score (nSPS) is 10.4. The minimum absolute atomic E-state index is 0.108. The van der Waals surface area contributed by atoms with Crippen LogP contribution in [0.2, 0.25) is 10.0 Å². The fourth-order valence-electron chi connectivity index (χ4n) is 2.28. The molecule has 0 unspecified atom stereocenters. The van der Waals surface area contributed by atoms with Crippen LogP contribution in [0.25, 0.3) is 0 Å². The first-order valence-corrected chi connectivity index (χ1v) is 9.61. The second-order valence-corrected chi connectivity index (χ2v) is 7.14. The molecule has 0 bridgehead atoms. The van der Waals surface area contributed by atoms with Gasteiger partial charge in [0.25, 0.3) is 5.91 Å². The molecular weight excluding hydrogens is 413 g/mol. The van der Waals surface area contributed by atoms with E-state index in [1.165, 1.54) is 12.1 Å². The average molecular weight is 430 g/mol. The van der Waals surface area contributed by atoms with Crippen molar-refractivity contribution in [3.63, 3.8) is 0 Å². The van der Waals surface area contributed by atoms with Gasteiger partial charge >= 0.3 is 11.9 Å². The Bertz CT molecular complexity index is 894. The molecule has 0 spiro atoms. The van der Waals surface area contributed by atoms with Crippen LogP contribution in [0.15, 0.2) is 18.2 Å². The number of hydrogen-bond donors (Lipinski definition) is 1. The van der Waals surface area contributed by atoms with Gasteiger partial charge in [-0.15, -0.1) is 11.3 Å². The van der Waals surface area contributed by atoms with Crippen molar-refractivity contribution in [2.75, 3.05) is 18.5 Å². The zero-order valence-corrected chi connectivity index (χ0v) is 17.2. The SMILES string of the molecule is CCOC(=O)c1sc(NC(=O)c2cc(Cl)ccc2Cl)c(C(=O)OCC)c1C. The van der Waals surface area contributed by atoms with Crippen molar-refractivity contribution in [2.45, 2.75) is 20.8 Å². The molecule has 1 aromatic carbocycles. The van der Waals surface area contributed by atoms with Crippen LogP contribution in [0.5, 0.6) is 0 Å². The number of thiophene rings is 1. The third-order valence-corrected chi connectivity index (χ3v) is 5.24. The third-order valence-electron chi connectivity index (χ3n) is 3.49. The number of carbonyl (C=O) groups excluding carboxylic acids is 3. The molecule has 9 heteroatoms. The van der Waals surface area contributed by atoms with Crippen molar-refractivity contribution < 1.29 is 23.9 Å². The van der Waals surface area contributed by atoms with E-state index in [-0.39, 0.29) is 39.2 Å². The molecule has 1 N–H and O–H groups in total. The van der Waals surface area contributed by atoms with Gasteiger partial charge in [0.15, 0.2) is 0 Å². The van der Waals surface area contributed by atoms with Gasteiger partial charge in [0.2, 0.25) is 0 Å². The largest absolute Gasteiger partial charge is 0.462 e. The Morgan fingerprint density at radius 3 is 2.33 bits per heavy atom. The number of rotatable bonds is 6. The molecule has 2 aromatic rings. The Morgan fingerprint density at radius 2 is 1.70 bits per heavy atom. The minimum atomic E-state index is -0.644. The number of carbonyl (C=O) groups is 3. The molecule has 1 amide bonds. The molecule has 0 fully saturated rings. The van der Waals surface area contributed by atoms with Gasteiger partial charge < -0.3 is 14.8 Å². The first-order valence-electron chi connectivity index (χ1n) is 8.04. The molecule has 0 saturated heterocycles. The number of ether oxygens (including phenoxy) is 2. The highest BCUT2D eigenvalue weighted by Gasteiger charge is 2.27. The van der Waals surface area contributed by atoms with Crippen LogP contribution in [0.3, 0.4) is 0 Å². The van der Waals surface area contributed by atoms with Gasteiger partial charge in [-0.2, -0.15) is 0 Å². The van der Waals surface area contributed by atoms with Crippen molar-refractivity contribution in [3.05, 3.63) is 49.8 Å². The van der Waals surface area contributed by atoms with Crippen molar-refractivity contribution in [2.24, 2.45) is 0 Å². The summed E-state index contributed by atoms with van der Waals surface area (Å²) in [5.41, 5.74) is 0.628. The summed E-state index contributed by atoms with van der Waals surface area (Å²) < 4.78 is 10.1. The lowest BCUT2D eigenvalue weighted by Gasteiger charge is -2.08. The summed E-state index contributed by atoms with van der Waals surface area (Å²) in [4.78, 5) is 37.3. The highest BCUT2D eigenvalue weighted by molar-refractivity contribution is 7.18. The summed E-state index contributed by atoms with van der Waals surface area (Å²) in [6, 6.07) is 4.46. The van der Waals surface area contributed by atoms with E-state index in [1.54, 1.807) is 26.8 Å². The topological polar surface area (TPSA) is 81.7 Å². The van der Waals surface area contributed by atoms with Gasteiger partial charge in [0, 0.05) is 5.02 Å². The maximum absolute atomic E-state index is 12.6. The zero-order valence-electron chi connectivity index (χ0n) is 14.9. The number of halogens is 2. The smallest absolute Gasteiger partial charge is 0.348 e. The monoisotopic (exact) mass is 429 g/mol. The van der Waals surface area contributed by atoms with Crippen LogP contribution in [0.1, 0.15) is 49.8 Å². The van der Waals surface area contributed by atoms with Gasteiger partial charge in [-0.25, -0.2) is 9.59 Å². The summed E-state index contributed by atoms with van der Waals surface area (Å²) in [6.45, 7) is 5.27. The van der Waals surface area contributed by atoms with Crippen LogP contribution in [-0.2, 0) is 9.47 Å². The lowest BCUT2D eigenvalue weighted by atomic mass is 10.1. The lowest BCUT2D eigenvalue weighted by molar-refractivity contribution is 0.0527. The molecule has 27 heavy (non-hydrogen) atoms. The van der Waals surface area contributed by atoms with Gasteiger partial charge in [-0.1, -0.05) is 23.2 Å². The van der Waals surface area contributed by atoms with E-state index < -0.39 is 17.8 Å². The van der Waals surface area contributed by atoms with Crippen LogP contribution in [0.4, 0.5) is 5.00 Å². The summed E-state index contributed by atoms with van der Waals surface area (Å²) in [5.74, 6) is -1.79. The van der Waals surface area contributed by atoms with Gasteiger partial charge in [-0.3, -0.25) is 4.79 Å². The number of anilines is 1. The summed E-state index contributed by atoms with van der Waals surface area (Å²) in [5, 5.41) is 3.34. The van der Waals surface area contributed by atoms with Crippen LogP contribution in [0, 0.1) is 6.92 Å². The second-order valence-electron chi connectivity index (χ2n) is 5.28. The number of hydrogen-bond acceptors (Lipinski definition) is 6. The number of benzene rings is 1. The van der Waals surface area contributed by atoms with E-state index in [2.05, 4.69) is 5.32 Å². The number of amides is 1. The van der Waals surface area contributed by atoms with E-state index >= 15 is 0 Å². The van der Waals surface area contributed by atoms with Gasteiger partial charge in [0.1, 0.15) is 9.88 Å². The van der Waals surface area contributed by atoms with E-state index in [1.807, 2.05) is 0 Å². The third kappa shape index (κ3) is 4.80. The summed E-state index contributed by atoms with van der Waals surface area (Å²) in [7, 11) is 0. The molecule has 0 aliphatic carbocycles. The molecule has 0 saturated carbocycles. The molecule has 144 valence electrons. The Morgan fingerprint density at radius 1 is 1.07 bits per heavy atom. The average Bonchev–Trinajstić information content (AvgIpc) is 2.93. The molecule has 1 heterocycles.